The molecule has 1 N–H and O–H groups in total. The monoisotopic (exact) mass is 522 g/mol. The van der Waals surface area contributed by atoms with E-state index in [1.165, 1.54) is 12.0 Å². The maximum absolute atomic E-state index is 13.4. The summed E-state index contributed by atoms with van der Waals surface area (Å²) < 4.78 is 15.9. The maximum atomic E-state index is 13.4. The highest BCUT2D eigenvalue weighted by Gasteiger charge is 2.48. The minimum absolute atomic E-state index is 0.104. The number of esters is 1. The number of benzene rings is 2. The highest BCUT2D eigenvalue weighted by Crippen LogP contribution is 2.44. The van der Waals surface area contributed by atoms with Crippen molar-refractivity contribution in [2.45, 2.75) is 26.8 Å². The molecule has 9 nitrogen and oxygen atoms in total. The van der Waals surface area contributed by atoms with Gasteiger partial charge in [-0.2, -0.15) is 0 Å². The fourth-order valence-corrected chi connectivity index (χ4v) is 5.05. The van der Waals surface area contributed by atoms with Crippen LogP contribution in [0.2, 0.25) is 0 Å². The van der Waals surface area contributed by atoms with Crippen LogP contribution >= 0.6 is 11.3 Å². The number of ether oxygens (including phenoxy) is 3. The number of Topliss-reactive ketones (excluding diaryl/α,β-unsaturated/α-hetero) is 1. The fourth-order valence-electron chi connectivity index (χ4n) is 4.06. The number of carbonyl (C=O) groups excluding carboxylic acids is 3. The molecule has 0 aliphatic carbocycles. The van der Waals surface area contributed by atoms with Gasteiger partial charge in [-0.15, -0.1) is 0 Å². The molecule has 1 aliphatic heterocycles. The number of nitrogens with zero attached hydrogens (tertiary/aromatic N) is 2. The van der Waals surface area contributed by atoms with E-state index < -0.39 is 23.7 Å². The third kappa shape index (κ3) is 4.92. The molecule has 1 aliphatic rings. The smallest absolute Gasteiger partial charge is 0.350 e. The highest BCUT2D eigenvalue weighted by atomic mass is 32.1. The Balaban J connectivity index is 1.89. The van der Waals surface area contributed by atoms with Gasteiger partial charge >= 0.3 is 11.9 Å². The molecule has 2 aromatic carbocycles. The molecular weight excluding hydrogens is 496 g/mol. The Labute approximate surface area is 217 Å². The summed E-state index contributed by atoms with van der Waals surface area (Å²) in [4.78, 5) is 45.0. The second-order valence-electron chi connectivity index (χ2n) is 8.03. The van der Waals surface area contributed by atoms with E-state index in [1.807, 2.05) is 6.92 Å². The second kappa shape index (κ2) is 10.8. The van der Waals surface area contributed by atoms with Gasteiger partial charge in [0.1, 0.15) is 22.1 Å². The van der Waals surface area contributed by atoms with Gasteiger partial charge in [-0.25, -0.2) is 9.78 Å². The van der Waals surface area contributed by atoms with Crippen molar-refractivity contribution in [2.24, 2.45) is 0 Å². The molecule has 3 aromatic rings. The summed E-state index contributed by atoms with van der Waals surface area (Å²) in [5.41, 5.74) is 1.14. The van der Waals surface area contributed by atoms with E-state index in [1.54, 1.807) is 62.4 Å². The van der Waals surface area contributed by atoms with Crippen molar-refractivity contribution in [3.63, 3.8) is 0 Å². The lowest BCUT2D eigenvalue weighted by atomic mass is 9.95. The Morgan fingerprint density at radius 1 is 1.08 bits per heavy atom. The largest absolute Gasteiger partial charge is 0.507 e. The van der Waals surface area contributed by atoms with Crippen molar-refractivity contribution in [3.05, 3.63) is 75.8 Å². The van der Waals surface area contributed by atoms with Crippen LogP contribution in [0.4, 0.5) is 5.13 Å². The third-order valence-corrected chi connectivity index (χ3v) is 6.88. The van der Waals surface area contributed by atoms with Crippen LogP contribution in [0, 0.1) is 6.92 Å². The number of aromatic nitrogens is 1. The van der Waals surface area contributed by atoms with E-state index >= 15 is 0 Å². The number of aryl methyl sites for hydroxylation is 1. The Hall–Kier alpha value is -4.18. The van der Waals surface area contributed by atoms with Crippen molar-refractivity contribution < 1.29 is 33.7 Å². The standard InChI is InChI=1S/C27H26N2O7S/c1-5-35-18-12-10-16(11-13-18)22(30)20-21(17-8-7-9-19(14-17)34-4)29(25(32)23(20)31)27-28-15(3)24(37-27)26(33)36-6-2/h7-14,21,30H,5-6H2,1-4H3/b22-20+. The first kappa shape index (κ1) is 25.9. The van der Waals surface area contributed by atoms with Gasteiger partial charge < -0.3 is 19.3 Å². The number of amides is 1. The van der Waals surface area contributed by atoms with Gasteiger partial charge in [-0.3, -0.25) is 14.5 Å². The first-order valence-corrected chi connectivity index (χ1v) is 12.4. The number of ketones is 1. The van der Waals surface area contributed by atoms with E-state index in [4.69, 9.17) is 14.2 Å². The molecule has 192 valence electrons. The van der Waals surface area contributed by atoms with Crippen LogP contribution in [0.15, 0.2) is 54.1 Å². The van der Waals surface area contributed by atoms with Crippen LogP contribution < -0.4 is 14.4 Å². The van der Waals surface area contributed by atoms with Gasteiger partial charge in [-0.05, 0) is 62.7 Å². The van der Waals surface area contributed by atoms with E-state index in [0.717, 1.165) is 11.3 Å². The van der Waals surface area contributed by atoms with Crippen molar-refractivity contribution in [3.8, 4) is 11.5 Å². The number of carbonyl (C=O) groups is 3. The van der Waals surface area contributed by atoms with Gasteiger partial charge in [0, 0.05) is 5.56 Å². The van der Waals surface area contributed by atoms with Crippen LogP contribution in [-0.4, -0.2) is 48.1 Å². The number of hydrogen-bond acceptors (Lipinski definition) is 9. The molecule has 1 amide bonds. The molecule has 0 spiro atoms. The topological polar surface area (TPSA) is 115 Å². The molecule has 0 bridgehead atoms. The quantitative estimate of drug-likeness (QED) is 0.197. The van der Waals surface area contributed by atoms with Crippen molar-refractivity contribution in [1.29, 1.82) is 0 Å². The molecular formula is C27H26N2O7S. The first-order valence-electron chi connectivity index (χ1n) is 11.6. The molecule has 10 heteroatoms. The molecule has 1 saturated heterocycles. The summed E-state index contributed by atoms with van der Waals surface area (Å²) in [5, 5.41) is 11.4. The third-order valence-electron chi connectivity index (χ3n) is 5.74. The van der Waals surface area contributed by atoms with E-state index in [9.17, 15) is 19.5 Å². The first-order chi connectivity index (χ1) is 17.8. The predicted octanol–water partition coefficient (Wildman–Crippen LogP) is 4.66. The van der Waals surface area contributed by atoms with Crippen LogP contribution in [0.5, 0.6) is 11.5 Å². The number of anilines is 1. The van der Waals surface area contributed by atoms with Crippen LogP contribution in [0.25, 0.3) is 5.76 Å². The number of rotatable bonds is 8. The summed E-state index contributed by atoms with van der Waals surface area (Å²) in [6, 6.07) is 12.4. The minimum Gasteiger partial charge on any atom is -0.507 e. The molecule has 37 heavy (non-hydrogen) atoms. The van der Waals surface area contributed by atoms with Crippen molar-refractivity contribution in [1.82, 2.24) is 4.98 Å². The summed E-state index contributed by atoms with van der Waals surface area (Å²) in [5.74, 6) is -1.53. The van der Waals surface area contributed by atoms with Crippen LogP contribution in [0.1, 0.15) is 46.4 Å². The Morgan fingerprint density at radius 3 is 2.46 bits per heavy atom. The summed E-state index contributed by atoms with van der Waals surface area (Å²) >= 11 is 0.951. The van der Waals surface area contributed by atoms with E-state index in [-0.39, 0.29) is 27.9 Å². The normalized spacial score (nSPS) is 16.6. The van der Waals surface area contributed by atoms with Gasteiger partial charge in [0.25, 0.3) is 5.78 Å². The molecule has 0 radical (unpaired) electrons. The number of hydrogen-bond donors (Lipinski definition) is 1. The molecule has 4 rings (SSSR count). The number of thiazole rings is 1. The summed E-state index contributed by atoms with van der Waals surface area (Å²) in [6.07, 6.45) is 0. The lowest BCUT2D eigenvalue weighted by Gasteiger charge is -2.23. The fraction of sp³-hybridized carbons (Fsp3) is 0.259. The molecule has 0 saturated carbocycles. The zero-order valence-corrected chi connectivity index (χ0v) is 21.6. The van der Waals surface area contributed by atoms with Gasteiger partial charge in [0.05, 0.1) is 37.6 Å². The Bertz CT molecular complexity index is 1380. The van der Waals surface area contributed by atoms with Crippen LogP contribution in [-0.2, 0) is 14.3 Å². The van der Waals surface area contributed by atoms with E-state index in [2.05, 4.69) is 4.98 Å². The Morgan fingerprint density at radius 2 is 1.81 bits per heavy atom. The molecule has 1 unspecified atom stereocenters. The predicted molar refractivity (Wildman–Crippen MR) is 138 cm³/mol. The van der Waals surface area contributed by atoms with Crippen molar-refractivity contribution >= 4 is 39.9 Å². The highest BCUT2D eigenvalue weighted by molar-refractivity contribution is 7.17. The van der Waals surface area contributed by atoms with Gasteiger partial charge in [-0.1, -0.05) is 23.5 Å². The maximum Gasteiger partial charge on any atom is 0.350 e. The molecule has 2 heterocycles. The second-order valence-corrected chi connectivity index (χ2v) is 9.01. The molecule has 1 fully saturated rings. The lowest BCUT2D eigenvalue weighted by Crippen LogP contribution is -2.29. The number of methoxy groups -OCH3 is 1. The SMILES string of the molecule is CCOC(=O)c1sc(N2C(=O)C(=O)/C(=C(/O)c3ccc(OCC)cc3)C2c2cccc(OC)c2)nc1C. The van der Waals surface area contributed by atoms with Gasteiger partial charge in [0.2, 0.25) is 0 Å². The van der Waals surface area contributed by atoms with Crippen molar-refractivity contribution in [2.75, 3.05) is 25.2 Å². The van der Waals surface area contributed by atoms with E-state index in [0.29, 0.717) is 34.9 Å². The zero-order chi connectivity index (χ0) is 26.7. The number of aliphatic hydroxyl groups excluding tert-OH is 1. The van der Waals surface area contributed by atoms with Gasteiger partial charge in [0.15, 0.2) is 5.13 Å². The summed E-state index contributed by atoms with van der Waals surface area (Å²) in [7, 11) is 1.51. The lowest BCUT2D eigenvalue weighted by molar-refractivity contribution is -0.132. The molecule has 1 aromatic heterocycles. The Kier molecular flexibility index (Phi) is 7.58. The summed E-state index contributed by atoms with van der Waals surface area (Å²) in [6.45, 7) is 5.84. The average Bonchev–Trinajstić information content (AvgIpc) is 3.41. The number of aliphatic hydroxyl groups is 1. The van der Waals surface area contributed by atoms with Crippen LogP contribution in [0.3, 0.4) is 0 Å². The average molecular weight is 523 g/mol. The minimum atomic E-state index is -1.01. The zero-order valence-electron chi connectivity index (χ0n) is 20.8. The molecule has 1 atom stereocenters.